The van der Waals surface area contributed by atoms with Gasteiger partial charge in [0.2, 0.25) is 0 Å². The molecule has 0 unspecified atom stereocenters. The highest BCUT2D eigenvalue weighted by Crippen LogP contribution is 2.21. The van der Waals surface area contributed by atoms with E-state index < -0.39 is 0 Å². The third-order valence-electron chi connectivity index (χ3n) is 3.47. The summed E-state index contributed by atoms with van der Waals surface area (Å²) in [5.74, 6) is 0.867. The number of hydrogen-bond donors (Lipinski definition) is 1. The van der Waals surface area contributed by atoms with Gasteiger partial charge in [0, 0.05) is 5.56 Å². The first-order valence-corrected chi connectivity index (χ1v) is 7.62. The molecule has 0 saturated carbocycles. The average Bonchev–Trinajstić information content (AvgIpc) is 3.10. The summed E-state index contributed by atoms with van der Waals surface area (Å²) in [6, 6.07) is 17.8. The molecular weight excluding hydrogens is 300 g/mol. The van der Waals surface area contributed by atoms with Gasteiger partial charge in [0.25, 0.3) is 0 Å². The maximum Gasteiger partial charge on any atom is 0.190 e. The Morgan fingerprint density at radius 3 is 2.62 bits per heavy atom. The van der Waals surface area contributed by atoms with Crippen LogP contribution in [0.2, 0.25) is 0 Å². The zero-order valence-corrected chi connectivity index (χ0v) is 13.2. The lowest BCUT2D eigenvalue weighted by molar-refractivity contribution is 0.340. The van der Waals surface area contributed by atoms with Gasteiger partial charge < -0.3 is 4.74 Å². The third-order valence-corrected chi connectivity index (χ3v) is 3.47. The van der Waals surface area contributed by atoms with Crippen molar-refractivity contribution in [3.8, 4) is 23.1 Å². The molecule has 5 heteroatoms. The second kappa shape index (κ2) is 7.25. The third kappa shape index (κ3) is 3.50. The zero-order valence-electron chi connectivity index (χ0n) is 13.2. The van der Waals surface area contributed by atoms with E-state index in [4.69, 9.17) is 10.00 Å². The molecule has 1 N–H and O–H groups in total. The molecular formula is C19H16N4O. The highest BCUT2D eigenvalue weighted by atomic mass is 16.5. The highest BCUT2D eigenvalue weighted by Gasteiger charge is 2.09. The van der Waals surface area contributed by atoms with E-state index in [0.717, 1.165) is 22.4 Å². The van der Waals surface area contributed by atoms with Gasteiger partial charge in [-0.15, -0.1) is 5.10 Å². The minimum absolute atomic E-state index is 0.294. The molecule has 0 atom stereocenters. The molecule has 0 aliphatic rings. The smallest absolute Gasteiger partial charge is 0.190 e. The molecule has 0 aliphatic heterocycles. The van der Waals surface area contributed by atoms with E-state index in [-0.39, 0.29) is 0 Å². The van der Waals surface area contributed by atoms with Crippen LogP contribution >= 0.6 is 0 Å². The van der Waals surface area contributed by atoms with Crippen molar-refractivity contribution < 1.29 is 4.74 Å². The van der Waals surface area contributed by atoms with Crippen molar-refractivity contribution in [3.63, 3.8) is 0 Å². The fourth-order valence-electron chi connectivity index (χ4n) is 2.33. The lowest BCUT2D eigenvalue weighted by Gasteiger charge is -2.02. The van der Waals surface area contributed by atoms with Gasteiger partial charge in [-0.3, -0.25) is 0 Å². The van der Waals surface area contributed by atoms with Crippen molar-refractivity contribution in [1.82, 2.24) is 15.4 Å². The molecule has 0 amide bonds. The number of nitrogens with zero attached hydrogens (tertiary/aromatic N) is 3. The van der Waals surface area contributed by atoms with E-state index in [9.17, 15) is 0 Å². The van der Waals surface area contributed by atoms with Gasteiger partial charge in [-0.05, 0) is 36.2 Å². The van der Waals surface area contributed by atoms with Crippen LogP contribution in [0.5, 0.6) is 5.75 Å². The molecule has 0 saturated heterocycles. The largest absolute Gasteiger partial charge is 0.494 e. The van der Waals surface area contributed by atoms with Crippen molar-refractivity contribution in [2.75, 3.05) is 6.61 Å². The van der Waals surface area contributed by atoms with E-state index in [0.29, 0.717) is 18.0 Å². The van der Waals surface area contributed by atoms with Crippen LogP contribution in [0.1, 0.15) is 23.7 Å². The minimum atomic E-state index is 0.294. The first-order chi connectivity index (χ1) is 11.8. The SMILES string of the molecule is CCOc1ccc(/C=C/c2cccc(-c3n[nH]nc3C#N)c2)cc1. The number of hydrogen-bond acceptors (Lipinski definition) is 4. The lowest BCUT2D eigenvalue weighted by Crippen LogP contribution is -1.90. The number of nitriles is 1. The summed E-state index contributed by atoms with van der Waals surface area (Å²) in [5.41, 5.74) is 3.82. The Morgan fingerprint density at radius 1 is 1.08 bits per heavy atom. The summed E-state index contributed by atoms with van der Waals surface area (Å²) >= 11 is 0. The summed E-state index contributed by atoms with van der Waals surface area (Å²) < 4.78 is 5.44. The van der Waals surface area contributed by atoms with E-state index in [1.54, 1.807) is 0 Å². The molecule has 2 aromatic carbocycles. The lowest BCUT2D eigenvalue weighted by atomic mass is 10.1. The number of aromatic amines is 1. The van der Waals surface area contributed by atoms with Crippen LogP contribution in [-0.2, 0) is 0 Å². The fraction of sp³-hybridized carbons (Fsp3) is 0.105. The molecule has 0 spiro atoms. The average molecular weight is 316 g/mol. The van der Waals surface area contributed by atoms with Crippen LogP contribution in [0.4, 0.5) is 0 Å². The molecule has 0 bridgehead atoms. The first kappa shape index (κ1) is 15.5. The van der Waals surface area contributed by atoms with Crippen LogP contribution in [0.3, 0.4) is 0 Å². The van der Waals surface area contributed by atoms with Crippen LogP contribution in [0.25, 0.3) is 23.4 Å². The number of ether oxygens (including phenoxy) is 1. The number of aromatic nitrogens is 3. The highest BCUT2D eigenvalue weighted by molar-refractivity contribution is 5.74. The van der Waals surface area contributed by atoms with Gasteiger partial charge in [-0.1, -0.05) is 42.5 Å². The van der Waals surface area contributed by atoms with Crippen LogP contribution in [0.15, 0.2) is 48.5 Å². The number of rotatable bonds is 5. The van der Waals surface area contributed by atoms with Crippen molar-refractivity contribution in [2.24, 2.45) is 0 Å². The van der Waals surface area contributed by atoms with Gasteiger partial charge in [-0.2, -0.15) is 15.6 Å². The quantitative estimate of drug-likeness (QED) is 0.724. The van der Waals surface area contributed by atoms with Crippen LogP contribution in [-0.4, -0.2) is 22.0 Å². The van der Waals surface area contributed by atoms with Gasteiger partial charge in [0.15, 0.2) is 5.69 Å². The van der Waals surface area contributed by atoms with Crippen molar-refractivity contribution in [1.29, 1.82) is 5.26 Å². The molecule has 3 rings (SSSR count). The van der Waals surface area contributed by atoms with Crippen molar-refractivity contribution >= 4 is 12.2 Å². The Balaban J connectivity index is 1.81. The summed E-state index contributed by atoms with van der Waals surface area (Å²) in [4.78, 5) is 0. The second-order valence-electron chi connectivity index (χ2n) is 5.09. The Hall–Kier alpha value is -3.39. The Bertz CT molecular complexity index is 888. The monoisotopic (exact) mass is 316 g/mol. The van der Waals surface area contributed by atoms with E-state index in [2.05, 4.69) is 15.4 Å². The number of benzene rings is 2. The maximum atomic E-state index is 9.05. The molecule has 1 heterocycles. The second-order valence-corrected chi connectivity index (χ2v) is 5.09. The summed E-state index contributed by atoms with van der Waals surface area (Å²) in [6.45, 7) is 2.63. The molecule has 118 valence electrons. The van der Waals surface area contributed by atoms with E-state index in [1.807, 2.05) is 73.7 Å². The predicted molar refractivity (Wildman–Crippen MR) is 93.1 cm³/mol. The molecule has 3 aromatic rings. The summed E-state index contributed by atoms with van der Waals surface area (Å²) in [5, 5.41) is 19.4. The Kier molecular flexibility index (Phi) is 4.68. The predicted octanol–water partition coefficient (Wildman–Crippen LogP) is 3.91. The minimum Gasteiger partial charge on any atom is -0.494 e. The first-order valence-electron chi connectivity index (χ1n) is 7.62. The fourth-order valence-corrected chi connectivity index (χ4v) is 2.33. The maximum absolute atomic E-state index is 9.05. The summed E-state index contributed by atoms with van der Waals surface area (Å²) in [7, 11) is 0. The van der Waals surface area contributed by atoms with Gasteiger partial charge in [0.05, 0.1) is 6.61 Å². The zero-order chi connectivity index (χ0) is 16.8. The van der Waals surface area contributed by atoms with Crippen LogP contribution < -0.4 is 4.74 Å². The van der Waals surface area contributed by atoms with Crippen molar-refractivity contribution in [3.05, 3.63) is 65.4 Å². The number of H-pyrrole nitrogens is 1. The van der Waals surface area contributed by atoms with Gasteiger partial charge in [0.1, 0.15) is 17.5 Å². The molecule has 5 nitrogen and oxygen atoms in total. The Labute approximate surface area is 140 Å². The van der Waals surface area contributed by atoms with Gasteiger partial charge in [-0.25, -0.2) is 0 Å². The van der Waals surface area contributed by atoms with E-state index >= 15 is 0 Å². The van der Waals surface area contributed by atoms with E-state index in [1.165, 1.54) is 0 Å². The summed E-state index contributed by atoms with van der Waals surface area (Å²) in [6.07, 6.45) is 4.05. The topological polar surface area (TPSA) is 74.6 Å². The van der Waals surface area contributed by atoms with Crippen LogP contribution in [0, 0.1) is 11.3 Å². The molecule has 0 aliphatic carbocycles. The molecule has 24 heavy (non-hydrogen) atoms. The van der Waals surface area contributed by atoms with Crippen molar-refractivity contribution in [2.45, 2.75) is 6.92 Å². The van der Waals surface area contributed by atoms with Gasteiger partial charge >= 0.3 is 0 Å². The molecule has 0 fully saturated rings. The standard InChI is InChI=1S/C19H16N4O/c1-2-24-17-10-8-14(9-11-17)6-7-15-4-3-5-16(12-15)19-18(13-20)21-23-22-19/h3-12H,2H2,1H3,(H,21,22,23)/b7-6+. The molecule has 1 aromatic heterocycles. The normalized spacial score (nSPS) is 10.7. The molecule has 0 radical (unpaired) electrons. The Morgan fingerprint density at radius 2 is 1.88 bits per heavy atom. The number of nitrogens with one attached hydrogen (secondary N) is 1.